The molecule has 23 heavy (non-hydrogen) atoms. The fourth-order valence-electron chi connectivity index (χ4n) is 2.05. The van der Waals surface area contributed by atoms with Crippen LogP contribution in [-0.4, -0.2) is 30.5 Å². The highest BCUT2D eigenvalue weighted by Crippen LogP contribution is 2.23. The largest absolute Gasteiger partial charge is 0.345 e. The zero-order chi connectivity index (χ0) is 17.0. The summed E-state index contributed by atoms with van der Waals surface area (Å²) in [6, 6.07) is 5.81. The number of hydrogen-bond donors (Lipinski definition) is 1. The molecule has 2 heterocycles. The van der Waals surface area contributed by atoms with Crippen LogP contribution in [0.1, 0.15) is 35.3 Å². The number of nitrogens with zero attached hydrogens (tertiary/aromatic N) is 2. The van der Waals surface area contributed by atoms with Crippen molar-refractivity contribution in [1.82, 2.24) is 15.3 Å². The second-order valence-electron chi connectivity index (χ2n) is 5.00. The van der Waals surface area contributed by atoms with Crippen LogP contribution in [0.15, 0.2) is 41.7 Å². The molecule has 2 aromatic heterocycles. The number of pyridine rings is 2. The van der Waals surface area contributed by atoms with Gasteiger partial charge in [0, 0.05) is 24.2 Å². The molecule has 1 amide bonds. The normalized spacial score (nSPS) is 12.7. The summed E-state index contributed by atoms with van der Waals surface area (Å²) in [5.74, 6) is -0.270. The molecule has 122 valence electrons. The van der Waals surface area contributed by atoms with Gasteiger partial charge >= 0.3 is 0 Å². The summed E-state index contributed by atoms with van der Waals surface area (Å²) in [6.07, 6.45) is 4.69. The van der Waals surface area contributed by atoms with Crippen molar-refractivity contribution in [3.05, 3.63) is 52.9 Å². The maximum absolute atomic E-state index is 12.2. The molecule has 0 aliphatic rings. The lowest BCUT2D eigenvalue weighted by molar-refractivity contribution is 0.0935. The van der Waals surface area contributed by atoms with Crippen LogP contribution < -0.4 is 5.32 Å². The average molecular weight is 354 g/mol. The molecule has 0 aliphatic heterocycles. The van der Waals surface area contributed by atoms with Crippen LogP contribution in [0.25, 0.3) is 0 Å². The van der Waals surface area contributed by atoms with Gasteiger partial charge in [0.2, 0.25) is 0 Å². The number of carbonyl (C=O) groups is 1. The lowest BCUT2D eigenvalue weighted by Gasteiger charge is -2.18. The molecule has 8 heteroatoms. The van der Waals surface area contributed by atoms with Gasteiger partial charge in [-0.05, 0) is 36.2 Å². The maximum Gasteiger partial charge on any atom is 0.251 e. The Morgan fingerprint density at radius 3 is 2.52 bits per heavy atom. The minimum absolute atomic E-state index is 0.0690. The molecule has 0 saturated carbocycles. The summed E-state index contributed by atoms with van der Waals surface area (Å²) in [7, 11) is -3.49. The first-order valence-electron chi connectivity index (χ1n) is 6.89. The second kappa shape index (κ2) is 7.06. The topological polar surface area (TPSA) is 89.0 Å². The van der Waals surface area contributed by atoms with Gasteiger partial charge in [-0.15, -0.1) is 0 Å². The molecule has 0 bridgehead atoms. The Morgan fingerprint density at radius 2 is 1.96 bits per heavy atom. The Bertz CT molecular complexity index is 810. The summed E-state index contributed by atoms with van der Waals surface area (Å²) < 4.78 is 23.4. The molecule has 0 saturated heterocycles. The minimum Gasteiger partial charge on any atom is -0.345 e. The minimum atomic E-state index is -3.49. The number of hydrogen-bond acceptors (Lipinski definition) is 5. The molecule has 6 nitrogen and oxygen atoms in total. The highest BCUT2D eigenvalue weighted by Gasteiger charge is 2.18. The van der Waals surface area contributed by atoms with Gasteiger partial charge in [-0.1, -0.05) is 18.5 Å². The molecule has 0 fully saturated rings. The van der Waals surface area contributed by atoms with Crippen molar-refractivity contribution in [2.75, 3.05) is 6.26 Å². The Labute approximate surface area is 139 Å². The molecule has 0 unspecified atom stereocenters. The van der Waals surface area contributed by atoms with E-state index >= 15 is 0 Å². The Kier molecular flexibility index (Phi) is 5.33. The van der Waals surface area contributed by atoms with E-state index < -0.39 is 9.84 Å². The van der Waals surface area contributed by atoms with Crippen LogP contribution in [0, 0.1) is 0 Å². The molecule has 0 radical (unpaired) electrons. The predicted molar refractivity (Wildman–Crippen MR) is 87.1 cm³/mol. The monoisotopic (exact) mass is 353 g/mol. The van der Waals surface area contributed by atoms with Gasteiger partial charge in [0.05, 0.1) is 6.04 Å². The molecule has 1 atom stereocenters. The Balaban J connectivity index is 2.31. The fraction of sp³-hybridized carbons (Fsp3) is 0.267. The van der Waals surface area contributed by atoms with Crippen LogP contribution in [0.3, 0.4) is 0 Å². The quantitative estimate of drug-likeness (QED) is 0.834. The van der Waals surface area contributed by atoms with Gasteiger partial charge in [-0.3, -0.25) is 9.78 Å². The Morgan fingerprint density at radius 1 is 1.30 bits per heavy atom. The van der Waals surface area contributed by atoms with Gasteiger partial charge in [-0.2, -0.15) is 0 Å². The molecular formula is C15H16ClN3O3S. The predicted octanol–water partition coefficient (Wildman–Crippen LogP) is 2.41. The van der Waals surface area contributed by atoms with Gasteiger partial charge in [-0.25, -0.2) is 13.4 Å². The zero-order valence-corrected chi connectivity index (χ0v) is 14.2. The lowest BCUT2D eigenvalue weighted by Crippen LogP contribution is -2.28. The lowest BCUT2D eigenvalue weighted by atomic mass is 10.1. The van der Waals surface area contributed by atoms with E-state index in [1.54, 1.807) is 18.2 Å². The second-order valence-corrected chi connectivity index (χ2v) is 7.35. The van der Waals surface area contributed by atoms with Crippen molar-refractivity contribution < 1.29 is 13.2 Å². The van der Waals surface area contributed by atoms with E-state index in [1.165, 1.54) is 18.5 Å². The highest BCUT2D eigenvalue weighted by atomic mass is 35.5. The molecule has 2 aromatic rings. The van der Waals surface area contributed by atoms with Crippen LogP contribution in [0.4, 0.5) is 0 Å². The van der Waals surface area contributed by atoms with E-state index in [2.05, 4.69) is 15.3 Å². The SMILES string of the molecule is CC[C@H](NC(=O)c1ccncc1)c1cc(Cl)nc(S(C)(=O)=O)c1. The van der Waals surface area contributed by atoms with Crippen molar-refractivity contribution in [2.24, 2.45) is 0 Å². The van der Waals surface area contributed by atoms with E-state index in [-0.39, 0.29) is 22.1 Å². The van der Waals surface area contributed by atoms with E-state index in [4.69, 9.17) is 11.6 Å². The standard InChI is InChI=1S/C15H16ClN3O3S/c1-3-12(18-15(20)10-4-6-17-7-5-10)11-8-13(16)19-14(9-11)23(2,21)22/h4-9,12H,3H2,1-2H3,(H,18,20)/t12-/m0/s1. The van der Waals surface area contributed by atoms with Gasteiger partial charge in [0.15, 0.2) is 14.9 Å². The van der Waals surface area contributed by atoms with E-state index in [0.717, 1.165) is 6.26 Å². The van der Waals surface area contributed by atoms with Crippen LogP contribution >= 0.6 is 11.6 Å². The number of aromatic nitrogens is 2. The molecular weight excluding hydrogens is 338 g/mol. The van der Waals surface area contributed by atoms with Gasteiger partial charge < -0.3 is 5.32 Å². The van der Waals surface area contributed by atoms with Crippen LogP contribution in [-0.2, 0) is 9.84 Å². The average Bonchev–Trinajstić information content (AvgIpc) is 2.51. The first-order chi connectivity index (χ1) is 10.8. The van der Waals surface area contributed by atoms with Crippen molar-refractivity contribution in [1.29, 1.82) is 0 Å². The van der Waals surface area contributed by atoms with Crippen LogP contribution in [0.2, 0.25) is 5.15 Å². The van der Waals surface area contributed by atoms with Crippen molar-refractivity contribution in [2.45, 2.75) is 24.4 Å². The van der Waals surface area contributed by atoms with Crippen molar-refractivity contribution in [3.8, 4) is 0 Å². The summed E-state index contributed by atoms with van der Waals surface area (Å²) in [4.78, 5) is 19.9. The van der Waals surface area contributed by atoms with Crippen molar-refractivity contribution in [3.63, 3.8) is 0 Å². The summed E-state index contributed by atoms with van der Waals surface area (Å²) in [5, 5.41) is 2.81. The van der Waals surface area contributed by atoms with Crippen LogP contribution in [0.5, 0.6) is 0 Å². The third kappa shape index (κ3) is 4.49. The molecule has 0 spiro atoms. The third-order valence-electron chi connectivity index (χ3n) is 3.23. The van der Waals surface area contributed by atoms with Gasteiger partial charge in [0.1, 0.15) is 5.15 Å². The van der Waals surface area contributed by atoms with Crippen molar-refractivity contribution >= 4 is 27.3 Å². The Hall–Kier alpha value is -1.99. The molecule has 0 aliphatic carbocycles. The summed E-state index contributed by atoms with van der Waals surface area (Å²) >= 11 is 5.91. The summed E-state index contributed by atoms with van der Waals surface area (Å²) in [5.41, 5.74) is 1.07. The first kappa shape index (κ1) is 17.4. The number of carbonyl (C=O) groups excluding carboxylic acids is 1. The maximum atomic E-state index is 12.2. The zero-order valence-electron chi connectivity index (χ0n) is 12.7. The smallest absolute Gasteiger partial charge is 0.251 e. The van der Waals surface area contributed by atoms with Gasteiger partial charge in [0.25, 0.3) is 5.91 Å². The van der Waals surface area contributed by atoms with E-state index in [9.17, 15) is 13.2 Å². The molecule has 0 aromatic carbocycles. The molecule has 1 N–H and O–H groups in total. The molecule has 2 rings (SSSR count). The first-order valence-corrected chi connectivity index (χ1v) is 9.16. The highest BCUT2D eigenvalue weighted by molar-refractivity contribution is 7.90. The number of amides is 1. The fourth-order valence-corrected chi connectivity index (χ4v) is 2.93. The number of halogens is 1. The number of rotatable bonds is 5. The van der Waals surface area contributed by atoms with E-state index in [1.807, 2.05) is 6.92 Å². The number of nitrogens with one attached hydrogen (secondary N) is 1. The number of sulfone groups is 1. The summed E-state index contributed by atoms with van der Waals surface area (Å²) in [6.45, 7) is 1.88. The third-order valence-corrected chi connectivity index (χ3v) is 4.39. The van der Waals surface area contributed by atoms with E-state index in [0.29, 0.717) is 17.5 Å².